The fraction of sp³-hybridized carbons (Fsp3) is 0.679. The van der Waals surface area contributed by atoms with Gasteiger partial charge in [-0.1, -0.05) is 0 Å². The van der Waals surface area contributed by atoms with Crippen LogP contribution in [-0.4, -0.2) is 89.4 Å². The highest BCUT2D eigenvalue weighted by molar-refractivity contribution is 7.12. The quantitative estimate of drug-likeness (QED) is 0.144. The summed E-state index contributed by atoms with van der Waals surface area (Å²) in [5, 5.41) is 20.7. The maximum Gasteiger partial charge on any atom is 0.408 e. The Morgan fingerprint density at radius 1 is 0.949 bits per heavy atom. The third-order valence-corrected chi connectivity index (χ3v) is 6.62. The van der Waals surface area contributed by atoms with Crippen molar-refractivity contribution < 1.29 is 33.4 Å². The van der Waals surface area contributed by atoms with E-state index in [0.29, 0.717) is 46.1 Å². The molecule has 0 fully saturated rings. The number of ether oxygens (including phenoxy) is 5. The molecule has 2 atom stereocenters. The Morgan fingerprint density at radius 2 is 1.64 bits per heavy atom. The zero-order valence-electron chi connectivity index (χ0n) is 24.5. The van der Waals surface area contributed by atoms with Gasteiger partial charge in [0.2, 0.25) is 0 Å². The maximum absolute atomic E-state index is 8.96. The highest BCUT2D eigenvalue weighted by Gasteiger charge is 2.22. The fourth-order valence-electron chi connectivity index (χ4n) is 3.63. The predicted molar refractivity (Wildman–Crippen MR) is 154 cm³/mol. The van der Waals surface area contributed by atoms with Crippen molar-refractivity contribution in [2.75, 3.05) is 64.7 Å². The first kappa shape index (κ1) is 33.2. The van der Waals surface area contributed by atoms with Crippen molar-refractivity contribution in [3.8, 4) is 0 Å². The van der Waals surface area contributed by atoms with Gasteiger partial charge in [0.25, 0.3) is 0 Å². The van der Waals surface area contributed by atoms with Crippen LogP contribution in [0.15, 0.2) is 40.0 Å². The van der Waals surface area contributed by atoms with Gasteiger partial charge in [-0.05, 0) is 74.8 Å². The Morgan fingerprint density at radius 3 is 2.23 bits per heavy atom. The van der Waals surface area contributed by atoms with Gasteiger partial charge in [-0.25, -0.2) is 4.57 Å². The summed E-state index contributed by atoms with van der Waals surface area (Å²) < 4.78 is 31.1. The molecular formula is C28H47N4O6S+. The molecule has 0 spiro atoms. The summed E-state index contributed by atoms with van der Waals surface area (Å²) in [6.45, 7) is 13.3. The van der Waals surface area contributed by atoms with Crippen LogP contribution in [0.3, 0.4) is 0 Å². The summed E-state index contributed by atoms with van der Waals surface area (Å²) in [6.07, 6.45) is 1.82. The molecule has 2 aromatic rings. The average Bonchev–Trinajstić information content (AvgIpc) is 3.31. The van der Waals surface area contributed by atoms with E-state index in [1.807, 2.05) is 63.9 Å². The number of hydrogen-bond donors (Lipinski definition) is 1. The molecule has 1 aromatic carbocycles. The lowest BCUT2D eigenvalue weighted by Gasteiger charge is -2.33. The van der Waals surface area contributed by atoms with Crippen molar-refractivity contribution >= 4 is 27.8 Å². The van der Waals surface area contributed by atoms with E-state index in [4.69, 9.17) is 28.8 Å². The molecule has 1 heterocycles. The summed E-state index contributed by atoms with van der Waals surface area (Å²) in [7, 11) is 3.66. The standard InChI is InChI=1S/C28H47N4O6S/c1-21(2)37-19-25(34-7)17-32(18-26(20-38-22(3)4)36-14-13-35-12-11-33)24-8-9-27(23(5)16-24)29-30-28-31(6)10-15-39-28/h8-10,15-16,21-22,25-26,33H,11-14,17-20H2,1-7H3/q+1. The van der Waals surface area contributed by atoms with Crippen molar-refractivity contribution in [3.05, 3.63) is 35.3 Å². The molecule has 0 radical (unpaired) electrons. The van der Waals surface area contributed by atoms with Crippen LogP contribution in [0.25, 0.3) is 0 Å². The third-order valence-electron chi connectivity index (χ3n) is 5.78. The highest BCUT2D eigenvalue weighted by atomic mass is 32.1. The van der Waals surface area contributed by atoms with Crippen LogP contribution in [0.2, 0.25) is 0 Å². The second kappa shape index (κ2) is 18.4. The number of aryl methyl sites for hydroxylation is 2. The predicted octanol–water partition coefficient (Wildman–Crippen LogP) is 4.36. The molecule has 11 heteroatoms. The summed E-state index contributed by atoms with van der Waals surface area (Å²) in [4.78, 5) is 2.24. The van der Waals surface area contributed by atoms with Crippen molar-refractivity contribution in [1.82, 2.24) is 0 Å². The van der Waals surface area contributed by atoms with E-state index in [1.165, 1.54) is 0 Å². The van der Waals surface area contributed by atoms with Gasteiger partial charge in [0.1, 0.15) is 11.9 Å². The van der Waals surface area contributed by atoms with Gasteiger partial charge in [0, 0.05) is 31.3 Å². The molecule has 1 N–H and O–H groups in total. The summed E-state index contributed by atoms with van der Waals surface area (Å²) >= 11 is 1.54. The van der Waals surface area contributed by atoms with E-state index in [9.17, 15) is 0 Å². The molecule has 0 saturated heterocycles. The normalized spacial score (nSPS) is 13.6. The van der Waals surface area contributed by atoms with Crippen LogP contribution in [0.1, 0.15) is 33.3 Å². The Hall–Kier alpha value is -1.99. The minimum atomic E-state index is -0.202. The van der Waals surface area contributed by atoms with Gasteiger partial charge in [-0.2, -0.15) is 0 Å². The van der Waals surface area contributed by atoms with Gasteiger partial charge in [-0.15, -0.1) is 0 Å². The Balaban J connectivity index is 2.25. The SMILES string of the molecule is COC(COC(C)C)CN(CC(COC(C)C)OCCOCCO)c1ccc(N=Nc2scc[n+]2C)c(C)c1. The number of benzene rings is 1. The molecule has 1 aromatic heterocycles. The Bertz CT molecular complexity index is 971. The van der Waals surface area contributed by atoms with E-state index < -0.39 is 0 Å². The molecular weight excluding hydrogens is 520 g/mol. The van der Waals surface area contributed by atoms with E-state index >= 15 is 0 Å². The second-order valence-corrected chi connectivity index (χ2v) is 10.7. The zero-order chi connectivity index (χ0) is 28.6. The highest BCUT2D eigenvalue weighted by Crippen LogP contribution is 2.27. The third kappa shape index (κ3) is 12.8. The first-order valence-corrected chi connectivity index (χ1v) is 14.4. The van der Waals surface area contributed by atoms with Gasteiger partial charge < -0.3 is 33.7 Å². The fourth-order valence-corrected chi connectivity index (χ4v) is 4.31. The Kier molecular flexibility index (Phi) is 15.7. The van der Waals surface area contributed by atoms with Crippen LogP contribution in [-0.2, 0) is 30.7 Å². The molecule has 0 aliphatic carbocycles. The summed E-state index contributed by atoms with van der Waals surface area (Å²) in [5.41, 5.74) is 2.85. The molecule has 10 nitrogen and oxygen atoms in total. The van der Waals surface area contributed by atoms with Crippen LogP contribution in [0.4, 0.5) is 16.5 Å². The Labute approximate surface area is 237 Å². The molecule has 0 saturated carbocycles. The van der Waals surface area contributed by atoms with E-state index in [-0.39, 0.29) is 31.0 Å². The lowest BCUT2D eigenvalue weighted by Crippen LogP contribution is -2.43. The lowest BCUT2D eigenvalue weighted by molar-refractivity contribution is -0.654. The molecule has 0 aliphatic rings. The number of anilines is 1. The summed E-state index contributed by atoms with van der Waals surface area (Å²) in [6, 6.07) is 6.16. The maximum atomic E-state index is 8.96. The number of azo groups is 1. The van der Waals surface area contributed by atoms with Gasteiger partial charge in [-0.3, -0.25) is 0 Å². The number of aromatic nitrogens is 1. The number of hydrogen-bond acceptors (Lipinski definition) is 10. The molecule has 0 bridgehead atoms. The van der Waals surface area contributed by atoms with Crippen LogP contribution in [0.5, 0.6) is 0 Å². The van der Waals surface area contributed by atoms with Crippen LogP contribution >= 0.6 is 11.3 Å². The van der Waals surface area contributed by atoms with Crippen molar-refractivity contribution in [2.24, 2.45) is 17.3 Å². The molecule has 0 aliphatic heterocycles. The van der Waals surface area contributed by atoms with Gasteiger partial charge in [0.05, 0.1) is 76.2 Å². The minimum Gasteiger partial charge on any atom is -0.394 e. The zero-order valence-corrected chi connectivity index (χ0v) is 25.4. The molecule has 39 heavy (non-hydrogen) atoms. The first-order chi connectivity index (χ1) is 18.7. The number of rotatable bonds is 20. The number of thiazole rings is 1. The summed E-state index contributed by atoms with van der Waals surface area (Å²) in [5.74, 6) is 0. The number of methoxy groups -OCH3 is 1. The number of aliphatic hydroxyl groups excluding tert-OH is 1. The smallest absolute Gasteiger partial charge is 0.394 e. The van der Waals surface area contributed by atoms with E-state index in [2.05, 4.69) is 27.3 Å². The molecule has 220 valence electrons. The topological polar surface area (TPSA) is 98.2 Å². The molecule has 0 amide bonds. The largest absolute Gasteiger partial charge is 0.408 e. The first-order valence-electron chi connectivity index (χ1n) is 13.5. The second-order valence-electron chi connectivity index (χ2n) is 9.82. The van der Waals surface area contributed by atoms with Crippen LogP contribution in [0, 0.1) is 6.92 Å². The van der Waals surface area contributed by atoms with Gasteiger partial charge >= 0.3 is 5.13 Å². The number of nitrogens with zero attached hydrogens (tertiary/aromatic N) is 4. The van der Waals surface area contributed by atoms with E-state index in [1.54, 1.807) is 18.4 Å². The molecule has 2 unspecified atom stereocenters. The van der Waals surface area contributed by atoms with Gasteiger partial charge in [0.15, 0.2) is 0 Å². The monoisotopic (exact) mass is 567 g/mol. The lowest BCUT2D eigenvalue weighted by atomic mass is 10.1. The van der Waals surface area contributed by atoms with Crippen molar-refractivity contribution in [2.45, 2.75) is 59.0 Å². The average molecular weight is 568 g/mol. The number of aliphatic hydroxyl groups is 1. The van der Waals surface area contributed by atoms with Crippen molar-refractivity contribution in [1.29, 1.82) is 0 Å². The van der Waals surface area contributed by atoms with Crippen LogP contribution < -0.4 is 9.47 Å². The van der Waals surface area contributed by atoms with E-state index in [0.717, 1.165) is 22.1 Å². The molecule has 2 rings (SSSR count). The minimum absolute atomic E-state index is 0.00873. The van der Waals surface area contributed by atoms with Crippen molar-refractivity contribution in [3.63, 3.8) is 0 Å².